The first-order valence-corrected chi connectivity index (χ1v) is 6.64. The second-order valence-electron chi connectivity index (χ2n) is 3.82. The molecule has 0 aromatic rings. The Morgan fingerprint density at radius 2 is 1.88 bits per heavy atom. The van der Waals surface area contributed by atoms with Crippen molar-refractivity contribution in [2.24, 2.45) is 5.92 Å². The van der Waals surface area contributed by atoms with Crippen LogP contribution in [0.4, 0.5) is 0 Å². The van der Waals surface area contributed by atoms with Crippen LogP contribution >= 0.6 is 0 Å². The summed E-state index contributed by atoms with van der Waals surface area (Å²) >= 11 is 0. The summed E-state index contributed by atoms with van der Waals surface area (Å²) in [5, 5.41) is 8.81. The average Bonchev–Trinajstić information content (AvgIpc) is 2.22. The molecule has 0 aliphatic heterocycles. The minimum Gasteiger partial charge on any atom is -0.480 e. The Kier molecular flexibility index (Phi) is 6.11. The molecule has 17 heavy (non-hydrogen) atoms. The van der Waals surface area contributed by atoms with Crippen molar-refractivity contribution < 1.29 is 27.9 Å². The van der Waals surface area contributed by atoms with Gasteiger partial charge in [-0.05, 0) is 5.92 Å². The van der Waals surface area contributed by atoms with Gasteiger partial charge >= 0.3 is 11.9 Å². The number of carbonyl (C=O) groups excluding carboxylic acids is 1. The highest BCUT2D eigenvalue weighted by Gasteiger charge is 2.27. The molecule has 0 aliphatic carbocycles. The Balaban J connectivity index is 4.52. The number of ether oxygens (including phenoxy) is 1. The number of rotatable bonds is 7. The highest BCUT2D eigenvalue weighted by molar-refractivity contribution is 7.89. The van der Waals surface area contributed by atoms with Crippen molar-refractivity contribution in [2.75, 3.05) is 12.9 Å². The molecule has 0 radical (unpaired) electrons. The molecule has 1 atom stereocenters. The first kappa shape index (κ1) is 15.9. The number of hydrogen-bond donors (Lipinski definition) is 2. The van der Waals surface area contributed by atoms with Gasteiger partial charge in [0.25, 0.3) is 0 Å². The Morgan fingerprint density at radius 1 is 1.35 bits per heavy atom. The van der Waals surface area contributed by atoms with Gasteiger partial charge in [0, 0.05) is 0 Å². The van der Waals surface area contributed by atoms with E-state index in [9.17, 15) is 18.0 Å². The van der Waals surface area contributed by atoms with Crippen LogP contribution in [0, 0.1) is 5.92 Å². The number of carboxylic acids is 1. The molecule has 0 aromatic heterocycles. The van der Waals surface area contributed by atoms with Gasteiger partial charge in [-0.1, -0.05) is 13.8 Å². The average molecular weight is 267 g/mol. The number of methoxy groups -OCH3 is 1. The van der Waals surface area contributed by atoms with E-state index in [2.05, 4.69) is 4.74 Å². The maximum absolute atomic E-state index is 11.5. The van der Waals surface area contributed by atoms with E-state index in [1.807, 2.05) is 4.72 Å². The van der Waals surface area contributed by atoms with Crippen LogP contribution in [0.3, 0.4) is 0 Å². The lowest BCUT2D eigenvalue weighted by atomic mass is 10.1. The second kappa shape index (κ2) is 6.55. The molecule has 0 heterocycles. The lowest BCUT2D eigenvalue weighted by Gasteiger charge is -2.17. The Hall–Kier alpha value is -1.15. The number of carbonyl (C=O) groups is 2. The summed E-state index contributed by atoms with van der Waals surface area (Å²) in [6.07, 6.45) is -0.309. The van der Waals surface area contributed by atoms with Crippen LogP contribution in [-0.4, -0.2) is 44.4 Å². The maximum Gasteiger partial charge on any atom is 0.321 e. The fourth-order valence-corrected chi connectivity index (χ4v) is 2.36. The second-order valence-corrected chi connectivity index (χ2v) is 5.70. The number of carboxylic acid groups (broad SMARTS) is 1. The van der Waals surface area contributed by atoms with Crippen molar-refractivity contribution in [3.8, 4) is 0 Å². The molecule has 0 spiro atoms. The molecule has 0 fully saturated rings. The van der Waals surface area contributed by atoms with E-state index in [1.54, 1.807) is 13.8 Å². The van der Waals surface area contributed by atoms with Gasteiger partial charge in [0.1, 0.15) is 6.04 Å². The highest BCUT2D eigenvalue weighted by atomic mass is 32.2. The lowest BCUT2D eigenvalue weighted by Crippen LogP contribution is -2.45. The summed E-state index contributed by atoms with van der Waals surface area (Å²) in [6, 6.07) is -1.20. The Bertz CT molecular complexity index is 375. The van der Waals surface area contributed by atoms with Crippen molar-refractivity contribution in [3.63, 3.8) is 0 Å². The summed E-state index contributed by atoms with van der Waals surface area (Å²) in [5.74, 6) is -2.79. The molecule has 0 aromatic carbocycles. The first-order valence-electron chi connectivity index (χ1n) is 4.99. The summed E-state index contributed by atoms with van der Waals surface area (Å²) in [7, 11) is -2.66. The van der Waals surface area contributed by atoms with Crippen LogP contribution in [0.1, 0.15) is 20.3 Å². The zero-order valence-corrected chi connectivity index (χ0v) is 10.8. The molecular formula is C9H17NO6S. The Labute approximate surface area is 100 Å². The van der Waals surface area contributed by atoms with Gasteiger partial charge in [-0.3, -0.25) is 9.59 Å². The third-order valence-corrected chi connectivity index (χ3v) is 3.40. The quantitative estimate of drug-likeness (QED) is 0.606. The Morgan fingerprint density at radius 3 is 2.24 bits per heavy atom. The van der Waals surface area contributed by atoms with Gasteiger partial charge in [-0.25, -0.2) is 13.1 Å². The highest BCUT2D eigenvalue weighted by Crippen LogP contribution is 2.04. The molecule has 7 nitrogen and oxygen atoms in total. The van der Waals surface area contributed by atoms with Crippen LogP contribution in [-0.2, 0) is 24.3 Å². The topological polar surface area (TPSA) is 110 Å². The maximum atomic E-state index is 11.5. The van der Waals surface area contributed by atoms with E-state index >= 15 is 0 Å². The van der Waals surface area contributed by atoms with Crippen molar-refractivity contribution in [2.45, 2.75) is 26.3 Å². The van der Waals surface area contributed by atoms with E-state index < -0.39 is 33.8 Å². The smallest absolute Gasteiger partial charge is 0.321 e. The third-order valence-electron chi connectivity index (χ3n) is 2.04. The van der Waals surface area contributed by atoms with Crippen molar-refractivity contribution in [3.05, 3.63) is 0 Å². The van der Waals surface area contributed by atoms with E-state index in [0.717, 1.165) is 7.11 Å². The molecule has 0 bridgehead atoms. The van der Waals surface area contributed by atoms with Crippen molar-refractivity contribution in [1.29, 1.82) is 0 Å². The number of esters is 1. The van der Waals surface area contributed by atoms with E-state index in [1.165, 1.54) is 0 Å². The molecule has 1 unspecified atom stereocenters. The number of nitrogens with one attached hydrogen (secondary N) is 1. The molecule has 8 heteroatoms. The third kappa shape index (κ3) is 6.22. The largest absolute Gasteiger partial charge is 0.480 e. The van der Waals surface area contributed by atoms with Crippen molar-refractivity contribution in [1.82, 2.24) is 4.72 Å². The fourth-order valence-electron chi connectivity index (χ4n) is 1.04. The zero-order valence-electron chi connectivity index (χ0n) is 9.97. The number of hydrogen-bond acceptors (Lipinski definition) is 5. The molecule has 0 saturated heterocycles. The fraction of sp³-hybridized carbons (Fsp3) is 0.778. The molecule has 0 aliphatic rings. The number of sulfonamides is 1. The molecule has 0 amide bonds. The first-order chi connectivity index (χ1) is 7.69. The summed E-state index contributed by atoms with van der Waals surface area (Å²) in [5.41, 5.74) is 0. The van der Waals surface area contributed by atoms with E-state index in [4.69, 9.17) is 5.11 Å². The van der Waals surface area contributed by atoms with Crippen LogP contribution in [0.2, 0.25) is 0 Å². The lowest BCUT2D eigenvalue weighted by molar-refractivity contribution is -0.140. The predicted molar refractivity (Wildman–Crippen MR) is 59.8 cm³/mol. The SMILES string of the molecule is COC(=O)CCS(=O)(=O)NC(C(=O)O)C(C)C. The molecule has 0 rings (SSSR count). The van der Waals surface area contributed by atoms with Crippen LogP contribution in [0.15, 0.2) is 0 Å². The van der Waals surface area contributed by atoms with E-state index in [0.29, 0.717) is 0 Å². The minimum absolute atomic E-state index is 0.309. The standard InChI is InChI=1S/C9H17NO6S/c1-6(2)8(9(12)13)10-17(14,15)5-4-7(11)16-3/h6,8,10H,4-5H2,1-3H3,(H,12,13). The summed E-state index contributed by atoms with van der Waals surface area (Å²) in [6.45, 7) is 3.17. The summed E-state index contributed by atoms with van der Waals surface area (Å²) in [4.78, 5) is 21.6. The number of aliphatic carboxylic acids is 1. The zero-order chi connectivity index (χ0) is 13.6. The predicted octanol–water partition coefficient (Wildman–Crippen LogP) is -0.422. The van der Waals surface area contributed by atoms with Gasteiger partial charge in [0.05, 0.1) is 19.3 Å². The normalized spacial score (nSPS) is 13.4. The molecule has 0 saturated carbocycles. The monoisotopic (exact) mass is 267 g/mol. The molecule has 100 valence electrons. The van der Waals surface area contributed by atoms with Gasteiger partial charge in [0.2, 0.25) is 10.0 Å². The van der Waals surface area contributed by atoms with Crippen LogP contribution in [0.25, 0.3) is 0 Å². The van der Waals surface area contributed by atoms with Gasteiger partial charge in [-0.2, -0.15) is 0 Å². The summed E-state index contributed by atoms with van der Waals surface area (Å²) < 4.78 is 29.3. The van der Waals surface area contributed by atoms with Gasteiger partial charge < -0.3 is 9.84 Å². The van der Waals surface area contributed by atoms with Gasteiger partial charge in [-0.15, -0.1) is 0 Å². The molecule has 2 N–H and O–H groups in total. The van der Waals surface area contributed by atoms with Gasteiger partial charge in [0.15, 0.2) is 0 Å². The van der Waals surface area contributed by atoms with Crippen molar-refractivity contribution >= 4 is 22.0 Å². The minimum atomic E-state index is -3.81. The van der Waals surface area contributed by atoms with Crippen LogP contribution < -0.4 is 4.72 Å². The molecular weight excluding hydrogens is 250 g/mol. The van der Waals surface area contributed by atoms with Crippen LogP contribution in [0.5, 0.6) is 0 Å². The van der Waals surface area contributed by atoms with E-state index in [-0.39, 0.29) is 12.3 Å².